The molecular weight excluding hydrogens is 398 g/mol. The number of para-hydroxylation sites is 1. The molecule has 0 aliphatic carbocycles. The number of amides is 2. The number of nitrogens with two attached hydrogens (primary N) is 2. The summed E-state index contributed by atoms with van der Waals surface area (Å²) in [5.74, 6) is -2.37. The van der Waals surface area contributed by atoms with Gasteiger partial charge in [0.15, 0.2) is 0 Å². The standard InChI is InChI=1S/C22H33N5O4/c1-13(2)19(21(29)26-18(22(30)31)9-5-6-10-23)27-20(28)16(24)11-14-12-25-17-8-4-3-7-15(14)17/h3-4,7-8,12-13,16,18-19,25H,5-6,9-11,23-24H2,1-2H3,(H,26,29)(H,27,28)(H,30,31). The van der Waals surface area contributed by atoms with Crippen molar-refractivity contribution in [2.45, 2.75) is 57.7 Å². The molecule has 2 rings (SSSR count). The molecule has 8 N–H and O–H groups in total. The zero-order valence-electron chi connectivity index (χ0n) is 18.1. The Balaban J connectivity index is 2.01. The minimum atomic E-state index is -1.12. The molecule has 2 aromatic rings. The average molecular weight is 432 g/mol. The summed E-state index contributed by atoms with van der Waals surface area (Å²) in [6.07, 6.45) is 3.66. The molecule has 1 heterocycles. The van der Waals surface area contributed by atoms with Gasteiger partial charge in [-0.15, -0.1) is 0 Å². The van der Waals surface area contributed by atoms with Gasteiger partial charge >= 0.3 is 5.97 Å². The number of carbonyl (C=O) groups excluding carboxylic acids is 2. The van der Waals surface area contributed by atoms with Crippen LogP contribution in [0.15, 0.2) is 30.5 Å². The van der Waals surface area contributed by atoms with Crippen molar-refractivity contribution < 1.29 is 19.5 Å². The number of hydrogen-bond acceptors (Lipinski definition) is 5. The Kier molecular flexibility index (Phi) is 9.02. The van der Waals surface area contributed by atoms with E-state index in [0.29, 0.717) is 25.8 Å². The van der Waals surface area contributed by atoms with Crippen molar-refractivity contribution in [1.82, 2.24) is 15.6 Å². The van der Waals surface area contributed by atoms with Crippen LogP contribution in [-0.4, -0.2) is 52.5 Å². The highest BCUT2D eigenvalue weighted by Crippen LogP contribution is 2.19. The van der Waals surface area contributed by atoms with E-state index in [4.69, 9.17) is 11.5 Å². The van der Waals surface area contributed by atoms with Crippen molar-refractivity contribution in [1.29, 1.82) is 0 Å². The van der Waals surface area contributed by atoms with Crippen LogP contribution in [0.4, 0.5) is 0 Å². The maximum Gasteiger partial charge on any atom is 0.326 e. The lowest BCUT2D eigenvalue weighted by molar-refractivity contribution is -0.142. The van der Waals surface area contributed by atoms with Gasteiger partial charge < -0.3 is 32.2 Å². The van der Waals surface area contributed by atoms with Gasteiger partial charge in [-0.05, 0) is 49.8 Å². The minimum absolute atomic E-state index is 0.247. The first-order chi connectivity index (χ1) is 14.7. The largest absolute Gasteiger partial charge is 0.480 e. The first-order valence-electron chi connectivity index (χ1n) is 10.6. The van der Waals surface area contributed by atoms with Gasteiger partial charge in [-0.2, -0.15) is 0 Å². The number of aromatic amines is 1. The van der Waals surface area contributed by atoms with Crippen molar-refractivity contribution in [2.75, 3.05) is 6.54 Å². The Hall–Kier alpha value is -2.91. The third-order valence-electron chi connectivity index (χ3n) is 5.26. The zero-order valence-corrected chi connectivity index (χ0v) is 18.1. The monoisotopic (exact) mass is 431 g/mol. The fourth-order valence-corrected chi connectivity index (χ4v) is 3.44. The van der Waals surface area contributed by atoms with Crippen molar-refractivity contribution in [3.63, 3.8) is 0 Å². The predicted octanol–water partition coefficient (Wildman–Crippen LogP) is 0.877. The molecule has 9 nitrogen and oxygen atoms in total. The predicted molar refractivity (Wildman–Crippen MR) is 119 cm³/mol. The van der Waals surface area contributed by atoms with E-state index in [9.17, 15) is 19.5 Å². The summed E-state index contributed by atoms with van der Waals surface area (Å²) in [5, 5.41) is 15.6. The first kappa shape index (κ1) is 24.4. The topological polar surface area (TPSA) is 163 Å². The number of aliphatic carboxylic acids is 1. The van der Waals surface area contributed by atoms with Gasteiger partial charge in [0, 0.05) is 17.1 Å². The van der Waals surface area contributed by atoms with Gasteiger partial charge in [-0.1, -0.05) is 32.0 Å². The summed E-state index contributed by atoms with van der Waals surface area (Å²) in [4.78, 5) is 40.0. The quantitative estimate of drug-likeness (QED) is 0.273. The number of benzene rings is 1. The molecule has 9 heteroatoms. The highest BCUT2D eigenvalue weighted by atomic mass is 16.4. The van der Waals surface area contributed by atoms with Crippen LogP contribution in [0.1, 0.15) is 38.7 Å². The summed E-state index contributed by atoms with van der Waals surface area (Å²) in [7, 11) is 0. The van der Waals surface area contributed by atoms with Crippen LogP contribution in [0, 0.1) is 5.92 Å². The Bertz CT molecular complexity index is 895. The number of carboxylic acids is 1. The van der Waals surface area contributed by atoms with Gasteiger partial charge in [-0.25, -0.2) is 4.79 Å². The van der Waals surface area contributed by atoms with E-state index < -0.39 is 35.9 Å². The normalized spacial score (nSPS) is 14.2. The molecule has 0 saturated carbocycles. The van der Waals surface area contributed by atoms with Crippen LogP contribution in [0.25, 0.3) is 10.9 Å². The van der Waals surface area contributed by atoms with Crippen LogP contribution in [0.3, 0.4) is 0 Å². The minimum Gasteiger partial charge on any atom is -0.480 e. The lowest BCUT2D eigenvalue weighted by atomic mass is 10.0. The number of hydrogen-bond donors (Lipinski definition) is 6. The van der Waals surface area contributed by atoms with Crippen LogP contribution >= 0.6 is 0 Å². The molecule has 0 aliphatic heterocycles. The number of rotatable bonds is 12. The number of nitrogens with one attached hydrogen (secondary N) is 3. The lowest BCUT2D eigenvalue weighted by Crippen LogP contribution is -2.56. The fraction of sp³-hybridized carbons (Fsp3) is 0.500. The first-order valence-corrected chi connectivity index (χ1v) is 10.6. The second-order valence-corrected chi connectivity index (χ2v) is 8.08. The number of aromatic nitrogens is 1. The molecule has 0 spiro atoms. The molecule has 0 aliphatic rings. The molecule has 0 saturated heterocycles. The molecule has 1 aromatic carbocycles. The second-order valence-electron chi connectivity index (χ2n) is 8.08. The van der Waals surface area contributed by atoms with E-state index in [1.54, 1.807) is 13.8 Å². The lowest BCUT2D eigenvalue weighted by Gasteiger charge is -2.25. The molecule has 0 bridgehead atoms. The Morgan fingerprint density at radius 2 is 1.81 bits per heavy atom. The number of H-pyrrole nitrogens is 1. The summed E-state index contributed by atoms with van der Waals surface area (Å²) >= 11 is 0. The maximum absolute atomic E-state index is 12.7. The molecule has 1 aromatic heterocycles. The molecule has 2 amide bonds. The van der Waals surface area contributed by atoms with Crippen molar-refractivity contribution in [2.24, 2.45) is 17.4 Å². The van der Waals surface area contributed by atoms with Gasteiger partial charge in [0.2, 0.25) is 11.8 Å². The summed E-state index contributed by atoms with van der Waals surface area (Å²) in [5.41, 5.74) is 13.4. The third kappa shape index (κ3) is 6.80. The second kappa shape index (κ2) is 11.5. The van der Waals surface area contributed by atoms with Gasteiger partial charge in [0.25, 0.3) is 0 Å². The highest BCUT2D eigenvalue weighted by Gasteiger charge is 2.30. The van der Waals surface area contributed by atoms with Crippen LogP contribution in [0.2, 0.25) is 0 Å². The molecular formula is C22H33N5O4. The maximum atomic E-state index is 12.7. The molecule has 3 atom stereocenters. The Morgan fingerprint density at radius 1 is 1.10 bits per heavy atom. The van der Waals surface area contributed by atoms with Crippen LogP contribution in [0.5, 0.6) is 0 Å². The smallest absolute Gasteiger partial charge is 0.326 e. The highest BCUT2D eigenvalue weighted by molar-refractivity contribution is 5.92. The van der Waals surface area contributed by atoms with E-state index >= 15 is 0 Å². The Morgan fingerprint density at radius 3 is 2.45 bits per heavy atom. The fourth-order valence-electron chi connectivity index (χ4n) is 3.44. The van der Waals surface area contributed by atoms with E-state index in [2.05, 4.69) is 15.6 Å². The van der Waals surface area contributed by atoms with Crippen LogP contribution < -0.4 is 22.1 Å². The molecule has 3 unspecified atom stereocenters. The molecule has 170 valence electrons. The summed E-state index contributed by atoms with van der Waals surface area (Å²) < 4.78 is 0. The van der Waals surface area contributed by atoms with E-state index in [1.807, 2.05) is 30.5 Å². The van der Waals surface area contributed by atoms with Crippen LogP contribution in [-0.2, 0) is 20.8 Å². The zero-order chi connectivity index (χ0) is 23.0. The SMILES string of the molecule is CC(C)C(NC(=O)C(N)Cc1c[nH]c2ccccc12)C(=O)NC(CCCCN)C(=O)O. The summed E-state index contributed by atoms with van der Waals surface area (Å²) in [6, 6.07) is 4.95. The van der Waals surface area contributed by atoms with Gasteiger partial charge in [0.05, 0.1) is 6.04 Å². The summed E-state index contributed by atoms with van der Waals surface area (Å²) in [6.45, 7) is 4.01. The Labute approximate surface area is 181 Å². The molecule has 0 fully saturated rings. The van der Waals surface area contributed by atoms with Crippen molar-refractivity contribution in [3.05, 3.63) is 36.0 Å². The number of unbranched alkanes of at least 4 members (excludes halogenated alkanes) is 1. The van der Waals surface area contributed by atoms with Gasteiger partial charge in [-0.3, -0.25) is 9.59 Å². The van der Waals surface area contributed by atoms with E-state index in [1.165, 1.54) is 0 Å². The number of carbonyl (C=O) groups is 3. The van der Waals surface area contributed by atoms with Crippen molar-refractivity contribution in [3.8, 4) is 0 Å². The van der Waals surface area contributed by atoms with E-state index in [0.717, 1.165) is 16.5 Å². The van der Waals surface area contributed by atoms with Gasteiger partial charge in [0.1, 0.15) is 12.1 Å². The number of carboxylic acid groups (broad SMARTS) is 1. The average Bonchev–Trinajstić information content (AvgIpc) is 3.13. The molecule has 31 heavy (non-hydrogen) atoms. The third-order valence-corrected chi connectivity index (χ3v) is 5.26. The molecule has 0 radical (unpaired) electrons. The van der Waals surface area contributed by atoms with Crippen molar-refractivity contribution >= 4 is 28.7 Å². The van der Waals surface area contributed by atoms with E-state index in [-0.39, 0.29) is 12.3 Å². The number of fused-ring (bicyclic) bond motifs is 1.